The lowest BCUT2D eigenvalue weighted by Crippen LogP contribution is -2.55. The second-order valence-corrected chi connectivity index (χ2v) is 7.43. The second-order valence-electron chi connectivity index (χ2n) is 5.03. The Labute approximate surface area is 124 Å². The molecule has 1 aliphatic rings. The Kier molecular flexibility index (Phi) is 4.53. The van der Waals surface area contributed by atoms with Crippen molar-refractivity contribution in [3.63, 3.8) is 0 Å². The van der Waals surface area contributed by atoms with Crippen LogP contribution >= 0.6 is 0 Å². The van der Waals surface area contributed by atoms with Gasteiger partial charge in [-0.05, 0) is 24.6 Å². The molecule has 0 saturated carbocycles. The first-order chi connectivity index (χ1) is 9.89. The average Bonchev–Trinajstić information content (AvgIpc) is 2.49. The highest BCUT2D eigenvalue weighted by molar-refractivity contribution is 7.92. The van der Waals surface area contributed by atoms with E-state index >= 15 is 0 Å². The van der Waals surface area contributed by atoms with Crippen LogP contribution in [0.1, 0.15) is 18.5 Å². The summed E-state index contributed by atoms with van der Waals surface area (Å²) in [5.74, 6) is -0.119. The Morgan fingerprint density at radius 2 is 1.86 bits per heavy atom. The summed E-state index contributed by atoms with van der Waals surface area (Å²) in [5.41, 5.74) is 0.792. The summed E-state index contributed by atoms with van der Waals surface area (Å²) in [6.07, 6.45) is 0. The number of nitrogens with one attached hydrogen (secondary N) is 1. The number of rotatable bonds is 3. The lowest BCUT2D eigenvalue weighted by Gasteiger charge is -2.34. The van der Waals surface area contributed by atoms with E-state index in [9.17, 15) is 13.2 Å². The highest BCUT2D eigenvalue weighted by Gasteiger charge is 2.42. The van der Waals surface area contributed by atoms with Gasteiger partial charge in [0.25, 0.3) is 0 Å². The smallest absolute Gasteiger partial charge is 0.323 e. The number of ether oxygens (including phenoxy) is 2. The van der Waals surface area contributed by atoms with E-state index < -0.39 is 33.1 Å². The van der Waals surface area contributed by atoms with Crippen LogP contribution in [0.3, 0.4) is 0 Å². The summed E-state index contributed by atoms with van der Waals surface area (Å²) in [4.78, 5) is 11.7. The van der Waals surface area contributed by atoms with Gasteiger partial charge in [0.2, 0.25) is 0 Å². The van der Waals surface area contributed by atoms with Gasteiger partial charge in [0.15, 0.2) is 9.84 Å². The Hall–Kier alpha value is -1.60. The lowest BCUT2D eigenvalue weighted by atomic mass is 10.0. The molecule has 7 heteroatoms. The summed E-state index contributed by atoms with van der Waals surface area (Å²) in [5, 5.41) is 2.45. The van der Waals surface area contributed by atoms with Crippen LogP contribution in [0.2, 0.25) is 0 Å². The largest absolute Gasteiger partial charge is 0.497 e. The molecule has 1 saturated heterocycles. The third-order valence-corrected chi connectivity index (χ3v) is 5.98. The first-order valence-electron chi connectivity index (χ1n) is 6.58. The zero-order valence-electron chi connectivity index (χ0n) is 12.2. The van der Waals surface area contributed by atoms with Gasteiger partial charge in [-0.25, -0.2) is 8.42 Å². The molecule has 1 aromatic carbocycles. The maximum Gasteiger partial charge on any atom is 0.323 e. The molecule has 0 spiro atoms. The monoisotopic (exact) mass is 313 g/mol. The van der Waals surface area contributed by atoms with Crippen molar-refractivity contribution < 1.29 is 22.7 Å². The zero-order valence-corrected chi connectivity index (χ0v) is 13.0. The number of methoxy groups -OCH3 is 2. The van der Waals surface area contributed by atoms with Crippen LogP contribution in [0.25, 0.3) is 0 Å². The van der Waals surface area contributed by atoms with E-state index in [0.29, 0.717) is 5.75 Å². The molecule has 3 atom stereocenters. The van der Waals surface area contributed by atoms with Gasteiger partial charge in [-0.1, -0.05) is 12.1 Å². The molecule has 0 bridgehead atoms. The van der Waals surface area contributed by atoms with Gasteiger partial charge in [0.05, 0.1) is 25.2 Å². The van der Waals surface area contributed by atoms with Crippen LogP contribution in [0.5, 0.6) is 5.75 Å². The van der Waals surface area contributed by atoms with Crippen molar-refractivity contribution in [3.05, 3.63) is 29.8 Å². The minimum atomic E-state index is -3.37. The second kappa shape index (κ2) is 6.03. The molecule has 116 valence electrons. The summed E-state index contributed by atoms with van der Waals surface area (Å²) < 4.78 is 34.2. The molecular formula is C14H19NO5S. The highest BCUT2D eigenvalue weighted by atomic mass is 32.2. The fraction of sp³-hybridized carbons (Fsp3) is 0.500. The van der Waals surface area contributed by atoms with Crippen molar-refractivity contribution in [2.75, 3.05) is 20.0 Å². The summed E-state index contributed by atoms with van der Waals surface area (Å²) in [6, 6.07) is 5.81. The Balaban J connectivity index is 2.32. The van der Waals surface area contributed by atoms with Crippen molar-refractivity contribution in [1.29, 1.82) is 0 Å². The van der Waals surface area contributed by atoms with Crippen molar-refractivity contribution in [2.24, 2.45) is 0 Å². The van der Waals surface area contributed by atoms with Gasteiger partial charge >= 0.3 is 5.97 Å². The maximum atomic E-state index is 12.2. The van der Waals surface area contributed by atoms with E-state index in [1.807, 2.05) is 0 Å². The molecule has 2 rings (SSSR count). The standard InChI is InChI=1S/C14H19NO5S/c1-9-13(10-4-6-11(19-2)7-5-10)15-12(14(16)20-3)8-21(9,17)18/h4-7,9,12-13,15H,8H2,1-3H3. The first-order valence-corrected chi connectivity index (χ1v) is 8.30. The van der Waals surface area contributed by atoms with Crippen LogP contribution in [0, 0.1) is 0 Å². The number of hydrogen-bond donors (Lipinski definition) is 1. The van der Waals surface area contributed by atoms with E-state index in [1.54, 1.807) is 38.3 Å². The van der Waals surface area contributed by atoms with E-state index in [2.05, 4.69) is 10.1 Å². The predicted octanol–water partition coefficient (Wildman–Crippen LogP) is 0.684. The molecule has 0 amide bonds. The first kappa shape index (κ1) is 15.8. The van der Waals surface area contributed by atoms with Crippen LogP contribution in [0.15, 0.2) is 24.3 Å². The lowest BCUT2D eigenvalue weighted by molar-refractivity contribution is -0.142. The number of carbonyl (C=O) groups is 1. The molecule has 21 heavy (non-hydrogen) atoms. The van der Waals surface area contributed by atoms with Gasteiger partial charge in [0.1, 0.15) is 11.8 Å². The summed E-state index contributed by atoms with van der Waals surface area (Å²) >= 11 is 0. The summed E-state index contributed by atoms with van der Waals surface area (Å²) in [7, 11) is -0.563. The highest BCUT2D eigenvalue weighted by Crippen LogP contribution is 2.29. The quantitative estimate of drug-likeness (QED) is 0.827. The molecule has 1 heterocycles. The van der Waals surface area contributed by atoms with E-state index in [1.165, 1.54) is 7.11 Å². The normalized spacial score (nSPS) is 27.9. The third kappa shape index (κ3) is 3.19. The SMILES string of the molecule is COC(=O)C1CS(=O)(=O)C(C)C(c2ccc(OC)cc2)N1. The van der Waals surface area contributed by atoms with Gasteiger partial charge in [0, 0.05) is 6.04 Å². The van der Waals surface area contributed by atoms with Gasteiger partial charge < -0.3 is 9.47 Å². The molecule has 1 aliphatic heterocycles. The van der Waals surface area contributed by atoms with E-state index in [0.717, 1.165) is 5.56 Å². The topological polar surface area (TPSA) is 81.7 Å². The van der Waals surface area contributed by atoms with Crippen molar-refractivity contribution >= 4 is 15.8 Å². The van der Waals surface area contributed by atoms with Crippen molar-refractivity contribution in [2.45, 2.75) is 24.3 Å². The molecule has 1 aromatic rings. The molecule has 0 aromatic heterocycles. The molecule has 3 unspecified atom stereocenters. The number of sulfone groups is 1. The molecule has 1 fully saturated rings. The molecule has 1 N–H and O–H groups in total. The number of benzene rings is 1. The minimum Gasteiger partial charge on any atom is -0.497 e. The Morgan fingerprint density at radius 3 is 2.38 bits per heavy atom. The number of esters is 1. The van der Waals surface area contributed by atoms with Crippen molar-refractivity contribution in [1.82, 2.24) is 5.32 Å². The molecule has 6 nitrogen and oxygen atoms in total. The van der Waals surface area contributed by atoms with Gasteiger partial charge in [-0.3, -0.25) is 10.1 Å². The van der Waals surface area contributed by atoms with Crippen LogP contribution in [-0.4, -0.2) is 45.7 Å². The number of hydrogen-bond acceptors (Lipinski definition) is 6. The Bertz CT molecular complexity index is 611. The minimum absolute atomic E-state index is 0.243. The predicted molar refractivity (Wildman–Crippen MR) is 77.9 cm³/mol. The fourth-order valence-corrected chi connectivity index (χ4v) is 4.10. The van der Waals surface area contributed by atoms with Crippen LogP contribution in [0.4, 0.5) is 0 Å². The average molecular weight is 313 g/mol. The Morgan fingerprint density at radius 1 is 1.24 bits per heavy atom. The van der Waals surface area contributed by atoms with Gasteiger partial charge in [-0.2, -0.15) is 0 Å². The van der Waals surface area contributed by atoms with Gasteiger partial charge in [-0.15, -0.1) is 0 Å². The van der Waals surface area contributed by atoms with Crippen LogP contribution < -0.4 is 10.1 Å². The molecule has 0 radical (unpaired) electrons. The third-order valence-electron chi connectivity index (χ3n) is 3.78. The molecular weight excluding hydrogens is 294 g/mol. The van der Waals surface area contributed by atoms with E-state index in [-0.39, 0.29) is 5.75 Å². The van der Waals surface area contributed by atoms with Crippen LogP contribution in [-0.2, 0) is 19.4 Å². The maximum absolute atomic E-state index is 12.2. The molecule has 0 aliphatic carbocycles. The van der Waals surface area contributed by atoms with Crippen molar-refractivity contribution in [3.8, 4) is 5.75 Å². The summed E-state index contributed by atoms with van der Waals surface area (Å²) in [6.45, 7) is 1.64. The van der Waals surface area contributed by atoms with E-state index in [4.69, 9.17) is 4.74 Å². The fourth-order valence-electron chi connectivity index (χ4n) is 2.45. The zero-order chi connectivity index (χ0) is 15.6. The number of carbonyl (C=O) groups excluding carboxylic acids is 1.